The van der Waals surface area contributed by atoms with Crippen molar-refractivity contribution in [3.8, 4) is 0 Å². The number of hydrogen-bond donors (Lipinski definition) is 1. The molecular formula is C14H18N2O2. The minimum atomic E-state index is -0.104. The summed E-state index contributed by atoms with van der Waals surface area (Å²) in [6, 6.07) is 8.02. The number of fused-ring (bicyclic) bond motifs is 1. The van der Waals surface area contributed by atoms with Crippen molar-refractivity contribution in [1.82, 2.24) is 4.90 Å². The summed E-state index contributed by atoms with van der Waals surface area (Å²) in [5.41, 5.74) is 2.33. The van der Waals surface area contributed by atoms with Crippen LogP contribution in [0.1, 0.15) is 12.5 Å². The van der Waals surface area contributed by atoms with Crippen molar-refractivity contribution in [2.45, 2.75) is 25.5 Å². The largest absolute Gasteiger partial charge is 0.375 e. The molecule has 4 heteroatoms. The first kappa shape index (κ1) is 11.5. The summed E-state index contributed by atoms with van der Waals surface area (Å²) in [6.07, 6.45) is 0.937. The van der Waals surface area contributed by atoms with Gasteiger partial charge in [-0.1, -0.05) is 18.2 Å². The van der Waals surface area contributed by atoms with E-state index in [2.05, 4.69) is 11.4 Å². The van der Waals surface area contributed by atoms with Crippen LogP contribution >= 0.6 is 0 Å². The Balaban J connectivity index is 1.68. The summed E-state index contributed by atoms with van der Waals surface area (Å²) < 4.78 is 5.47. The number of carbonyl (C=O) groups excluding carboxylic acids is 1. The zero-order chi connectivity index (χ0) is 12.5. The molecule has 4 nitrogen and oxygen atoms in total. The third kappa shape index (κ3) is 2.08. The van der Waals surface area contributed by atoms with E-state index in [1.165, 1.54) is 5.56 Å². The molecule has 0 aromatic heterocycles. The Bertz CT molecular complexity index is 436. The van der Waals surface area contributed by atoms with E-state index in [0.29, 0.717) is 19.7 Å². The molecule has 2 heterocycles. The zero-order valence-corrected chi connectivity index (χ0v) is 10.6. The van der Waals surface area contributed by atoms with Crippen LogP contribution < -0.4 is 5.32 Å². The van der Waals surface area contributed by atoms with Crippen LogP contribution in [-0.2, 0) is 16.0 Å². The average Bonchev–Trinajstić information content (AvgIpc) is 2.81. The van der Waals surface area contributed by atoms with Gasteiger partial charge in [0.1, 0.15) is 6.04 Å². The number of nitrogens with zero attached hydrogens (tertiary/aromatic N) is 1. The number of anilines is 1. The molecule has 2 aliphatic heterocycles. The lowest BCUT2D eigenvalue weighted by molar-refractivity contribution is -0.138. The molecule has 1 saturated heterocycles. The lowest BCUT2D eigenvalue weighted by Crippen LogP contribution is -2.49. The highest BCUT2D eigenvalue weighted by atomic mass is 16.5. The minimum Gasteiger partial charge on any atom is -0.375 e. The van der Waals surface area contributed by atoms with Gasteiger partial charge in [0.25, 0.3) is 0 Å². The van der Waals surface area contributed by atoms with Crippen LogP contribution in [0.5, 0.6) is 0 Å². The summed E-state index contributed by atoms with van der Waals surface area (Å²) in [5.74, 6) is 0.196. The lowest BCUT2D eigenvalue weighted by atomic mass is 10.1. The molecule has 1 amide bonds. The highest BCUT2D eigenvalue weighted by Gasteiger charge is 2.31. The van der Waals surface area contributed by atoms with Crippen molar-refractivity contribution in [1.29, 1.82) is 0 Å². The number of carbonyl (C=O) groups is 1. The third-order valence-corrected chi connectivity index (χ3v) is 3.62. The van der Waals surface area contributed by atoms with Gasteiger partial charge in [0.2, 0.25) is 5.91 Å². The standard InChI is InChI=1S/C14H18N2O2/c1-10-9-16(6-7-18-10)14(17)13-8-11-4-2-3-5-12(11)15-13/h2-5,10,13,15H,6-9H2,1H3/t10?,13-/m0/s1. The number of nitrogens with one attached hydrogen (secondary N) is 1. The molecule has 1 aromatic carbocycles. The molecule has 2 aliphatic rings. The Morgan fingerprint density at radius 1 is 1.44 bits per heavy atom. The first-order chi connectivity index (χ1) is 8.74. The van der Waals surface area contributed by atoms with Gasteiger partial charge >= 0.3 is 0 Å². The second kappa shape index (κ2) is 4.61. The van der Waals surface area contributed by atoms with Gasteiger partial charge < -0.3 is 15.0 Å². The van der Waals surface area contributed by atoms with Crippen LogP contribution in [0, 0.1) is 0 Å². The van der Waals surface area contributed by atoms with Gasteiger partial charge in [-0.15, -0.1) is 0 Å². The Labute approximate surface area is 107 Å². The number of amides is 1. The van der Waals surface area contributed by atoms with Crippen molar-refractivity contribution in [2.24, 2.45) is 0 Å². The molecule has 1 aromatic rings. The second-order valence-electron chi connectivity index (χ2n) is 5.02. The summed E-state index contributed by atoms with van der Waals surface area (Å²) >= 11 is 0. The molecule has 0 spiro atoms. The SMILES string of the molecule is CC1CN(C(=O)[C@@H]2Cc3ccccc3N2)CCO1. The normalized spacial score (nSPS) is 26.6. The monoisotopic (exact) mass is 246 g/mol. The molecule has 0 bridgehead atoms. The molecule has 0 saturated carbocycles. The molecule has 1 N–H and O–H groups in total. The van der Waals surface area contributed by atoms with E-state index < -0.39 is 0 Å². The molecule has 3 rings (SSSR count). The molecule has 0 radical (unpaired) electrons. The van der Waals surface area contributed by atoms with E-state index in [1.807, 2.05) is 30.0 Å². The van der Waals surface area contributed by atoms with Gasteiger partial charge in [0.05, 0.1) is 12.7 Å². The molecule has 2 atom stereocenters. The summed E-state index contributed by atoms with van der Waals surface area (Å²) in [4.78, 5) is 14.3. The smallest absolute Gasteiger partial charge is 0.245 e. The molecule has 0 aliphatic carbocycles. The maximum Gasteiger partial charge on any atom is 0.245 e. The highest BCUT2D eigenvalue weighted by molar-refractivity contribution is 5.87. The van der Waals surface area contributed by atoms with Crippen LogP contribution in [0.3, 0.4) is 0 Å². The van der Waals surface area contributed by atoms with Crippen LogP contribution in [0.4, 0.5) is 5.69 Å². The number of ether oxygens (including phenoxy) is 1. The number of para-hydroxylation sites is 1. The van der Waals surface area contributed by atoms with E-state index >= 15 is 0 Å². The van der Waals surface area contributed by atoms with E-state index in [4.69, 9.17) is 4.74 Å². The van der Waals surface area contributed by atoms with Gasteiger partial charge in [0.15, 0.2) is 0 Å². The molecule has 1 fully saturated rings. The zero-order valence-electron chi connectivity index (χ0n) is 10.6. The Morgan fingerprint density at radius 2 is 2.28 bits per heavy atom. The summed E-state index contributed by atoms with van der Waals surface area (Å²) in [6.45, 7) is 4.06. The predicted octanol–water partition coefficient (Wildman–Crippen LogP) is 1.27. The maximum atomic E-state index is 12.4. The van der Waals surface area contributed by atoms with Crippen LogP contribution in [-0.4, -0.2) is 42.6 Å². The van der Waals surface area contributed by atoms with Crippen LogP contribution in [0.2, 0.25) is 0 Å². The van der Waals surface area contributed by atoms with Gasteiger partial charge in [-0.3, -0.25) is 4.79 Å². The van der Waals surface area contributed by atoms with Crippen molar-refractivity contribution in [2.75, 3.05) is 25.0 Å². The highest BCUT2D eigenvalue weighted by Crippen LogP contribution is 2.26. The third-order valence-electron chi connectivity index (χ3n) is 3.62. The molecule has 96 valence electrons. The fraction of sp³-hybridized carbons (Fsp3) is 0.500. The van der Waals surface area contributed by atoms with E-state index in [0.717, 1.165) is 12.1 Å². The first-order valence-electron chi connectivity index (χ1n) is 6.49. The van der Waals surface area contributed by atoms with E-state index in [9.17, 15) is 4.79 Å². The molecule has 1 unspecified atom stereocenters. The number of benzene rings is 1. The number of hydrogen-bond acceptors (Lipinski definition) is 3. The van der Waals surface area contributed by atoms with E-state index in [-0.39, 0.29) is 18.1 Å². The average molecular weight is 246 g/mol. The van der Waals surface area contributed by atoms with Crippen molar-refractivity contribution < 1.29 is 9.53 Å². The minimum absolute atomic E-state index is 0.104. The van der Waals surface area contributed by atoms with E-state index in [1.54, 1.807) is 0 Å². The fourth-order valence-corrected chi connectivity index (χ4v) is 2.69. The molecular weight excluding hydrogens is 228 g/mol. The summed E-state index contributed by atoms with van der Waals surface area (Å²) in [7, 11) is 0. The van der Waals surface area contributed by atoms with Crippen molar-refractivity contribution in [3.05, 3.63) is 29.8 Å². The topological polar surface area (TPSA) is 41.6 Å². The van der Waals surface area contributed by atoms with Gasteiger partial charge in [-0.05, 0) is 18.6 Å². The van der Waals surface area contributed by atoms with Gasteiger partial charge in [-0.2, -0.15) is 0 Å². The van der Waals surface area contributed by atoms with Crippen LogP contribution in [0.25, 0.3) is 0 Å². The number of rotatable bonds is 1. The molecule has 18 heavy (non-hydrogen) atoms. The maximum absolute atomic E-state index is 12.4. The van der Waals surface area contributed by atoms with Crippen LogP contribution in [0.15, 0.2) is 24.3 Å². The first-order valence-corrected chi connectivity index (χ1v) is 6.49. The fourth-order valence-electron chi connectivity index (χ4n) is 2.69. The second-order valence-corrected chi connectivity index (χ2v) is 5.02. The Kier molecular flexibility index (Phi) is 2.96. The lowest BCUT2D eigenvalue weighted by Gasteiger charge is -2.32. The summed E-state index contributed by atoms with van der Waals surface area (Å²) in [5, 5.41) is 3.31. The van der Waals surface area contributed by atoms with Gasteiger partial charge in [-0.25, -0.2) is 0 Å². The quantitative estimate of drug-likeness (QED) is 0.811. The predicted molar refractivity (Wildman–Crippen MR) is 69.6 cm³/mol. The Hall–Kier alpha value is -1.55. The van der Waals surface area contributed by atoms with Crippen molar-refractivity contribution >= 4 is 11.6 Å². The number of morpholine rings is 1. The Morgan fingerprint density at radius 3 is 3.06 bits per heavy atom. The van der Waals surface area contributed by atoms with Crippen molar-refractivity contribution in [3.63, 3.8) is 0 Å². The van der Waals surface area contributed by atoms with Gasteiger partial charge in [0, 0.05) is 25.2 Å².